The van der Waals surface area contributed by atoms with Gasteiger partial charge in [0.2, 0.25) is 0 Å². The molecule has 2 fully saturated rings. The molecule has 2 saturated carbocycles. The minimum absolute atomic E-state index is 0.216. The lowest BCUT2D eigenvalue weighted by Gasteiger charge is -2.36. The first-order valence-corrected chi connectivity index (χ1v) is 5.12. The lowest BCUT2D eigenvalue weighted by Crippen LogP contribution is -2.53. The van der Waals surface area contributed by atoms with Crippen molar-refractivity contribution in [2.45, 2.75) is 18.5 Å². The molecule has 2 bridgehead atoms. The maximum Gasteiger partial charge on any atom is 0.0125 e. The quantitative estimate of drug-likeness (QED) is 0.416. The molecule has 0 spiro atoms. The normalized spacial score (nSPS) is 54.5. The fourth-order valence-corrected chi connectivity index (χ4v) is 3.42. The van der Waals surface area contributed by atoms with Crippen molar-refractivity contribution in [1.29, 1.82) is 0 Å². The highest BCUT2D eigenvalue weighted by Crippen LogP contribution is 2.49. The summed E-state index contributed by atoms with van der Waals surface area (Å²) in [7, 11) is 0. The maximum absolute atomic E-state index is 6.08. The highest BCUT2D eigenvalue weighted by molar-refractivity contribution is 5.09. The topological polar surface area (TPSA) is 104 Å². The lowest BCUT2D eigenvalue weighted by atomic mass is 9.75. The molecule has 0 amide bonds. The van der Waals surface area contributed by atoms with Gasteiger partial charge in [-0.1, -0.05) is 0 Å². The van der Waals surface area contributed by atoms with Gasteiger partial charge in [0.05, 0.1) is 0 Å². The second-order valence-electron chi connectivity index (χ2n) is 4.52. The first-order valence-electron chi connectivity index (χ1n) is 5.12. The molecule has 0 radical (unpaired) electrons. The summed E-state index contributed by atoms with van der Waals surface area (Å²) in [6, 6.07) is 0.431. The van der Waals surface area contributed by atoms with Crippen LogP contribution in [0.4, 0.5) is 0 Å². The molecule has 0 aromatic carbocycles. The monoisotopic (exact) mass is 184 g/mol. The third kappa shape index (κ3) is 1.13. The Hall–Kier alpha value is -0.160. The van der Waals surface area contributed by atoms with Crippen LogP contribution in [0.3, 0.4) is 0 Å². The second-order valence-corrected chi connectivity index (χ2v) is 4.52. The van der Waals surface area contributed by atoms with Crippen LogP contribution < -0.4 is 22.9 Å². The number of nitrogens with two attached hydrogens (primary N) is 4. The summed E-state index contributed by atoms with van der Waals surface area (Å²) < 4.78 is 0. The van der Waals surface area contributed by atoms with E-state index in [4.69, 9.17) is 22.9 Å². The molecule has 0 saturated heterocycles. The summed E-state index contributed by atoms with van der Waals surface area (Å²) in [5.41, 5.74) is 23.6. The summed E-state index contributed by atoms with van der Waals surface area (Å²) in [6.07, 6.45) is 1.14. The Balaban J connectivity index is 2.16. The minimum atomic E-state index is 0.216. The summed E-state index contributed by atoms with van der Waals surface area (Å²) >= 11 is 0. The summed E-state index contributed by atoms with van der Waals surface area (Å²) in [6.45, 7) is 1.37. The highest BCUT2D eigenvalue weighted by atomic mass is 14.9. The zero-order valence-corrected chi connectivity index (χ0v) is 7.89. The molecule has 8 N–H and O–H groups in total. The lowest BCUT2D eigenvalue weighted by molar-refractivity contribution is 0.194. The van der Waals surface area contributed by atoms with Crippen molar-refractivity contribution < 1.29 is 0 Å². The Labute approximate surface area is 79.0 Å². The third-order valence-corrected chi connectivity index (χ3v) is 4.17. The Morgan fingerprint density at radius 2 is 1.31 bits per heavy atom. The van der Waals surface area contributed by atoms with E-state index in [1.807, 2.05) is 0 Å². The van der Waals surface area contributed by atoms with Gasteiger partial charge in [-0.05, 0) is 43.2 Å². The van der Waals surface area contributed by atoms with Crippen LogP contribution in [0.2, 0.25) is 0 Å². The molecule has 0 aromatic heterocycles. The molecule has 2 aliphatic carbocycles. The van der Waals surface area contributed by atoms with Gasteiger partial charge in [-0.25, -0.2) is 0 Å². The highest BCUT2D eigenvalue weighted by Gasteiger charge is 2.54. The van der Waals surface area contributed by atoms with E-state index in [0.29, 0.717) is 36.8 Å². The van der Waals surface area contributed by atoms with Crippen LogP contribution in [0.15, 0.2) is 0 Å². The molecule has 0 aliphatic heterocycles. The van der Waals surface area contributed by atoms with Crippen molar-refractivity contribution in [2.24, 2.45) is 46.6 Å². The summed E-state index contributed by atoms with van der Waals surface area (Å²) in [4.78, 5) is 0. The SMILES string of the molecule is NCC1C(N)C2CC1C(CN)C2N. The van der Waals surface area contributed by atoms with E-state index < -0.39 is 0 Å². The minimum Gasteiger partial charge on any atom is -0.330 e. The Morgan fingerprint density at radius 1 is 0.846 bits per heavy atom. The molecule has 0 aromatic rings. The van der Waals surface area contributed by atoms with Gasteiger partial charge in [-0.15, -0.1) is 0 Å². The van der Waals surface area contributed by atoms with Crippen molar-refractivity contribution in [3.8, 4) is 0 Å². The van der Waals surface area contributed by atoms with Crippen molar-refractivity contribution in [3.05, 3.63) is 0 Å². The van der Waals surface area contributed by atoms with Gasteiger partial charge in [-0.3, -0.25) is 0 Å². The molecule has 2 rings (SSSR count). The molecule has 13 heavy (non-hydrogen) atoms. The van der Waals surface area contributed by atoms with Crippen molar-refractivity contribution in [3.63, 3.8) is 0 Å². The van der Waals surface area contributed by atoms with Crippen LogP contribution in [0, 0.1) is 23.7 Å². The maximum atomic E-state index is 6.08. The zero-order chi connectivity index (χ0) is 9.59. The van der Waals surface area contributed by atoms with Crippen LogP contribution in [-0.4, -0.2) is 25.2 Å². The van der Waals surface area contributed by atoms with E-state index in [0.717, 1.165) is 6.42 Å². The molecule has 4 heteroatoms. The fourth-order valence-electron chi connectivity index (χ4n) is 3.42. The molecule has 2 aliphatic rings. The van der Waals surface area contributed by atoms with Crippen LogP contribution >= 0.6 is 0 Å². The summed E-state index contributed by atoms with van der Waals surface area (Å²) in [5.74, 6) is 1.97. The predicted octanol–water partition coefficient (Wildman–Crippen LogP) is -1.56. The molecular formula is C9H20N4. The Morgan fingerprint density at radius 3 is 1.62 bits per heavy atom. The molecule has 4 nitrogen and oxygen atoms in total. The number of hydrogen-bond donors (Lipinski definition) is 4. The van der Waals surface area contributed by atoms with Crippen LogP contribution in [-0.2, 0) is 0 Å². The number of fused-ring (bicyclic) bond motifs is 2. The zero-order valence-electron chi connectivity index (χ0n) is 7.89. The molecule has 76 valence electrons. The first kappa shape index (κ1) is 9.40. The number of hydrogen-bond acceptors (Lipinski definition) is 4. The predicted molar refractivity (Wildman–Crippen MR) is 52.6 cm³/mol. The molecular weight excluding hydrogens is 164 g/mol. The van der Waals surface area contributed by atoms with Gasteiger partial charge in [-0.2, -0.15) is 0 Å². The first-order chi connectivity index (χ1) is 6.20. The van der Waals surface area contributed by atoms with Crippen LogP contribution in [0.25, 0.3) is 0 Å². The van der Waals surface area contributed by atoms with Gasteiger partial charge >= 0.3 is 0 Å². The largest absolute Gasteiger partial charge is 0.330 e. The van der Waals surface area contributed by atoms with Gasteiger partial charge < -0.3 is 22.9 Å². The van der Waals surface area contributed by atoms with Crippen LogP contribution in [0.5, 0.6) is 0 Å². The van der Waals surface area contributed by atoms with Gasteiger partial charge in [0.25, 0.3) is 0 Å². The van der Waals surface area contributed by atoms with E-state index in [-0.39, 0.29) is 12.1 Å². The van der Waals surface area contributed by atoms with E-state index >= 15 is 0 Å². The van der Waals surface area contributed by atoms with Crippen LogP contribution in [0.1, 0.15) is 6.42 Å². The average molecular weight is 184 g/mol. The summed E-state index contributed by atoms with van der Waals surface area (Å²) in [5, 5.41) is 0. The Bertz CT molecular complexity index is 174. The Kier molecular flexibility index (Phi) is 2.32. The van der Waals surface area contributed by atoms with E-state index in [2.05, 4.69) is 0 Å². The van der Waals surface area contributed by atoms with Gasteiger partial charge in [0.1, 0.15) is 0 Å². The van der Waals surface area contributed by atoms with E-state index in [9.17, 15) is 0 Å². The third-order valence-electron chi connectivity index (χ3n) is 4.17. The standard InChI is InChI=1S/C9H20N4/c10-2-6-4-1-5(8(6)12)9(13)7(4)3-11/h4-9H,1-3,10-13H2. The molecule has 0 heterocycles. The van der Waals surface area contributed by atoms with Crippen molar-refractivity contribution >= 4 is 0 Å². The van der Waals surface area contributed by atoms with Gasteiger partial charge in [0.15, 0.2) is 0 Å². The van der Waals surface area contributed by atoms with E-state index in [1.54, 1.807) is 0 Å². The second kappa shape index (κ2) is 3.20. The van der Waals surface area contributed by atoms with Gasteiger partial charge in [0, 0.05) is 12.1 Å². The van der Waals surface area contributed by atoms with Crippen molar-refractivity contribution in [1.82, 2.24) is 0 Å². The van der Waals surface area contributed by atoms with E-state index in [1.165, 1.54) is 0 Å². The fraction of sp³-hybridized carbons (Fsp3) is 1.00. The average Bonchev–Trinajstić information content (AvgIpc) is 2.59. The smallest absolute Gasteiger partial charge is 0.0125 e. The van der Waals surface area contributed by atoms with Crippen molar-refractivity contribution in [2.75, 3.05) is 13.1 Å². The number of rotatable bonds is 2. The molecule has 4 unspecified atom stereocenters. The molecule has 4 atom stereocenters.